The van der Waals surface area contributed by atoms with Crippen LogP contribution in [0.15, 0.2) is 24.3 Å². The van der Waals surface area contributed by atoms with E-state index in [0.717, 1.165) is 19.3 Å². The number of ether oxygens (including phenoxy) is 1. The van der Waals surface area contributed by atoms with Gasteiger partial charge in [0, 0.05) is 6.42 Å². The minimum Gasteiger partial charge on any atom is -0.478 e. The van der Waals surface area contributed by atoms with Crippen LogP contribution in [-0.4, -0.2) is 22.5 Å². The van der Waals surface area contributed by atoms with E-state index in [1.54, 1.807) is 12.1 Å². The highest BCUT2D eigenvalue weighted by Gasteiger charge is 2.07. The third-order valence-corrected chi connectivity index (χ3v) is 2.43. The van der Waals surface area contributed by atoms with Crippen molar-refractivity contribution in [1.29, 1.82) is 0 Å². The lowest BCUT2D eigenvalue weighted by molar-refractivity contribution is -0.0245. The molecule has 0 aliphatic carbocycles. The molecular weight excluding hydrogens is 220 g/mol. The van der Waals surface area contributed by atoms with Crippen LogP contribution in [-0.2, 0) is 0 Å². The van der Waals surface area contributed by atoms with Crippen LogP contribution in [0.4, 0.5) is 0 Å². The molecule has 94 valence electrons. The Kier molecular flexibility index (Phi) is 5.49. The first-order chi connectivity index (χ1) is 8.13. The van der Waals surface area contributed by atoms with Crippen molar-refractivity contribution in [3.63, 3.8) is 0 Å². The largest absolute Gasteiger partial charge is 0.478 e. The van der Waals surface area contributed by atoms with Gasteiger partial charge in [0.2, 0.25) is 0 Å². The molecule has 0 saturated carbocycles. The van der Waals surface area contributed by atoms with E-state index < -0.39 is 12.3 Å². The van der Waals surface area contributed by atoms with Gasteiger partial charge in [0.05, 0.1) is 5.56 Å². The van der Waals surface area contributed by atoms with Gasteiger partial charge >= 0.3 is 5.97 Å². The van der Waals surface area contributed by atoms with Crippen LogP contribution >= 0.6 is 0 Å². The van der Waals surface area contributed by atoms with Gasteiger partial charge in [0.25, 0.3) is 0 Å². The summed E-state index contributed by atoms with van der Waals surface area (Å²) in [6, 6.07) is 6.01. The average molecular weight is 238 g/mol. The first-order valence-corrected chi connectivity index (χ1v) is 5.81. The van der Waals surface area contributed by atoms with Crippen LogP contribution < -0.4 is 4.74 Å². The Morgan fingerprint density at radius 2 is 1.94 bits per heavy atom. The number of carbonyl (C=O) groups is 1. The molecule has 1 atom stereocenters. The molecule has 4 heteroatoms. The number of aromatic carboxylic acids is 1. The summed E-state index contributed by atoms with van der Waals surface area (Å²) in [6.07, 6.45) is 2.86. The standard InChI is InChI=1S/C13H18O4/c1-2-3-4-5-12(14)17-11-8-6-10(7-9-11)13(15)16/h6-9,12,14H,2-5H2,1H3,(H,15,16). The Labute approximate surface area is 101 Å². The summed E-state index contributed by atoms with van der Waals surface area (Å²) in [4.78, 5) is 10.6. The van der Waals surface area contributed by atoms with Crippen molar-refractivity contribution < 1.29 is 19.7 Å². The molecule has 0 amide bonds. The molecule has 0 aliphatic heterocycles. The van der Waals surface area contributed by atoms with Crippen LogP contribution in [0, 0.1) is 0 Å². The second-order valence-electron chi connectivity index (χ2n) is 3.90. The highest BCUT2D eigenvalue weighted by molar-refractivity contribution is 5.87. The molecule has 0 fully saturated rings. The Bertz CT molecular complexity index is 345. The Morgan fingerprint density at radius 3 is 2.47 bits per heavy atom. The molecule has 1 aromatic carbocycles. The van der Waals surface area contributed by atoms with Crippen LogP contribution in [0.25, 0.3) is 0 Å². The van der Waals surface area contributed by atoms with Crippen LogP contribution in [0.2, 0.25) is 0 Å². The summed E-state index contributed by atoms with van der Waals surface area (Å²) in [6.45, 7) is 2.10. The van der Waals surface area contributed by atoms with E-state index in [1.807, 2.05) is 0 Å². The maximum Gasteiger partial charge on any atom is 0.335 e. The van der Waals surface area contributed by atoms with Crippen molar-refractivity contribution in [2.45, 2.75) is 38.9 Å². The number of aliphatic hydroxyl groups excluding tert-OH is 1. The summed E-state index contributed by atoms with van der Waals surface area (Å²) in [5, 5.41) is 18.3. The maximum absolute atomic E-state index is 10.6. The molecule has 1 aromatic rings. The monoisotopic (exact) mass is 238 g/mol. The van der Waals surface area contributed by atoms with Crippen molar-refractivity contribution in [1.82, 2.24) is 0 Å². The van der Waals surface area contributed by atoms with Crippen molar-refractivity contribution in [2.24, 2.45) is 0 Å². The SMILES string of the molecule is CCCCCC(O)Oc1ccc(C(=O)O)cc1. The number of benzene rings is 1. The molecule has 0 heterocycles. The molecule has 4 nitrogen and oxygen atoms in total. The van der Waals surface area contributed by atoms with Gasteiger partial charge in [0.15, 0.2) is 6.29 Å². The Morgan fingerprint density at radius 1 is 1.29 bits per heavy atom. The molecule has 0 bridgehead atoms. The summed E-state index contributed by atoms with van der Waals surface area (Å²) in [5.41, 5.74) is 0.206. The fraction of sp³-hybridized carbons (Fsp3) is 0.462. The summed E-state index contributed by atoms with van der Waals surface area (Å²) < 4.78 is 5.26. The summed E-state index contributed by atoms with van der Waals surface area (Å²) in [5.74, 6) is -0.487. The van der Waals surface area contributed by atoms with Gasteiger partial charge in [-0.1, -0.05) is 19.8 Å². The van der Waals surface area contributed by atoms with Crippen molar-refractivity contribution in [3.05, 3.63) is 29.8 Å². The Hall–Kier alpha value is -1.55. The van der Waals surface area contributed by atoms with E-state index in [1.165, 1.54) is 12.1 Å². The van der Waals surface area contributed by atoms with Gasteiger partial charge in [-0.25, -0.2) is 4.79 Å². The van der Waals surface area contributed by atoms with Gasteiger partial charge in [0.1, 0.15) is 5.75 Å². The van der Waals surface area contributed by atoms with E-state index in [2.05, 4.69) is 6.92 Å². The number of aliphatic hydroxyl groups is 1. The van der Waals surface area contributed by atoms with Gasteiger partial charge in [-0.05, 0) is 30.7 Å². The zero-order valence-electron chi connectivity index (χ0n) is 9.93. The van der Waals surface area contributed by atoms with E-state index in [0.29, 0.717) is 12.2 Å². The predicted octanol–water partition coefficient (Wildman–Crippen LogP) is 2.66. The number of carboxylic acid groups (broad SMARTS) is 1. The molecule has 0 aliphatic rings. The van der Waals surface area contributed by atoms with E-state index in [4.69, 9.17) is 9.84 Å². The first kappa shape index (κ1) is 13.5. The quantitative estimate of drug-likeness (QED) is 0.566. The van der Waals surface area contributed by atoms with E-state index >= 15 is 0 Å². The molecule has 1 unspecified atom stereocenters. The zero-order valence-corrected chi connectivity index (χ0v) is 9.93. The number of rotatable bonds is 7. The van der Waals surface area contributed by atoms with E-state index in [-0.39, 0.29) is 5.56 Å². The predicted molar refractivity (Wildman–Crippen MR) is 64.2 cm³/mol. The van der Waals surface area contributed by atoms with Crippen LogP contribution in [0.1, 0.15) is 43.0 Å². The smallest absolute Gasteiger partial charge is 0.335 e. The molecule has 0 aromatic heterocycles. The van der Waals surface area contributed by atoms with Crippen LogP contribution in [0.5, 0.6) is 5.75 Å². The van der Waals surface area contributed by atoms with Gasteiger partial charge in [-0.15, -0.1) is 0 Å². The molecule has 0 radical (unpaired) electrons. The van der Waals surface area contributed by atoms with Gasteiger partial charge in [-0.3, -0.25) is 0 Å². The van der Waals surface area contributed by atoms with Crippen molar-refractivity contribution >= 4 is 5.97 Å². The second kappa shape index (κ2) is 6.91. The minimum atomic E-state index is -0.972. The topological polar surface area (TPSA) is 66.8 Å². The minimum absolute atomic E-state index is 0.206. The second-order valence-corrected chi connectivity index (χ2v) is 3.90. The third-order valence-electron chi connectivity index (χ3n) is 2.43. The molecule has 17 heavy (non-hydrogen) atoms. The lowest BCUT2D eigenvalue weighted by atomic mass is 10.2. The average Bonchev–Trinajstić information content (AvgIpc) is 2.30. The highest BCUT2D eigenvalue weighted by atomic mass is 16.6. The molecule has 1 rings (SSSR count). The number of hydrogen-bond donors (Lipinski definition) is 2. The summed E-state index contributed by atoms with van der Waals surface area (Å²) >= 11 is 0. The number of unbranched alkanes of at least 4 members (excludes halogenated alkanes) is 2. The lowest BCUT2D eigenvalue weighted by Gasteiger charge is -2.13. The van der Waals surface area contributed by atoms with Crippen LogP contribution in [0.3, 0.4) is 0 Å². The molecule has 0 saturated heterocycles. The van der Waals surface area contributed by atoms with Crippen molar-refractivity contribution in [2.75, 3.05) is 0 Å². The highest BCUT2D eigenvalue weighted by Crippen LogP contribution is 2.15. The fourth-order valence-electron chi connectivity index (χ4n) is 1.46. The lowest BCUT2D eigenvalue weighted by Crippen LogP contribution is -2.15. The van der Waals surface area contributed by atoms with Gasteiger partial charge < -0.3 is 14.9 Å². The number of hydrogen-bond acceptors (Lipinski definition) is 3. The normalized spacial score (nSPS) is 12.1. The molecule has 2 N–H and O–H groups in total. The van der Waals surface area contributed by atoms with Gasteiger partial charge in [-0.2, -0.15) is 0 Å². The first-order valence-electron chi connectivity index (χ1n) is 5.81. The molecular formula is C13H18O4. The summed E-state index contributed by atoms with van der Waals surface area (Å²) in [7, 11) is 0. The maximum atomic E-state index is 10.6. The third kappa shape index (κ3) is 4.87. The number of carboxylic acids is 1. The fourth-order valence-corrected chi connectivity index (χ4v) is 1.46. The zero-order chi connectivity index (χ0) is 12.7. The van der Waals surface area contributed by atoms with Crippen molar-refractivity contribution in [3.8, 4) is 5.75 Å². The Balaban J connectivity index is 2.43. The van der Waals surface area contributed by atoms with E-state index in [9.17, 15) is 9.90 Å². The molecule has 0 spiro atoms.